The lowest BCUT2D eigenvalue weighted by atomic mass is 9.95. The molecule has 112 valence electrons. The number of methoxy groups -OCH3 is 1. The zero-order valence-corrected chi connectivity index (χ0v) is 13.6. The van der Waals surface area contributed by atoms with Gasteiger partial charge in [-0.25, -0.2) is 9.97 Å². The molecule has 0 radical (unpaired) electrons. The number of ether oxygens (including phenoxy) is 2. The second-order valence-corrected chi connectivity index (χ2v) is 5.83. The zero-order chi connectivity index (χ0) is 14.4. The summed E-state index contributed by atoms with van der Waals surface area (Å²) < 4.78 is 12.2. The van der Waals surface area contributed by atoms with Crippen molar-refractivity contribution in [1.29, 1.82) is 0 Å². The van der Waals surface area contributed by atoms with E-state index in [-0.39, 0.29) is 6.10 Å². The van der Waals surface area contributed by atoms with E-state index >= 15 is 0 Å². The van der Waals surface area contributed by atoms with Crippen LogP contribution in [0, 0.1) is 0 Å². The molecule has 0 aliphatic heterocycles. The molecule has 0 aromatic carbocycles. The normalized spacial score (nSPS) is 22.6. The van der Waals surface area contributed by atoms with Crippen LogP contribution in [0.4, 0.5) is 5.82 Å². The van der Waals surface area contributed by atoms with Crippen LogP contribution in [0.1, 0.15) is 39.0 Å². The van der Waals surface area contributed by atoms with Gasteiger partial charge in [0.05, 0.1) is 6.10 Å². The van der Waals surface area contributed by atoms with Gasteiger partial charge in [0, 0.05) is 20.1 Å². The van der Waals surface area contributed by atoms with Gasteiger partial charge >= 0.3 is 0 Å². The van der Waals surface area contributed by atoms with Crippen LogP contribution in [-0.4, -0.2) is 35.8 Å². The molecule has 0 saturated heterocycles. The Kier molecular flexibility index (Phi) is 6.04. The number of halogens is 1. The predicted octanol–water partition coefficient (Wildman–Crippen LogP) is 3.40. The monoisotopic (exact) mass is 343 g/mol. The van der Waals surface area contributed by atoms with Crippen LogP contribution in [0.25, 0.3) is 0 Å². The zero-order valence-electron chi connectivity index (χ0n) is 12.1. The van der Waals surface area contributed by atoms with Crippen molar-refractivity contribution in [3.8, 4) is 5.88 Å². The number of rotatable bonds is 6. The first-order valence-corrected chi connectivity index (χ1v) is 7.97. The van der Waals surface area contributed by atoms with Gasteiger partial charge in [-0.1, -0.05) is 6.92 Å². The van der Waals surface area contributed by atoms with Crippen molar-refractivity contribution in [2.45, 2.75) is 51.2 Å². The van der Waals surface area contributed by atoms with E-state index in [0.717, 1.165) is 48.9 Å². The summed E-state index contributed by atoms with van der Waals surface area (Å²) in [6.07, 6.45) is 7.27. The van der Waals surface area contributed by atoms with Crippen molar-refractivity contribution in [3.63, 3.8) is 0 Å². The third-order valence-corrected chi connectivity index (χ3v) is 4.20. The third kappa shape index (κ3) is 4.06. The Balaban J connectivity index is 2.01. The van der Waals surface area contributed by atoms with Gasteiger partial charge in [0.1, 0.15) is 22.7 Å². The molecule has 2 rings (SSSR count). The highest BCUT2D eigenvalue weighted by atomic mass is 79.9. The summed E-state index contributed by atoms with van der Waals surface area (Å²) in [5.41, 5.74) is 0. The van der Waals surface area contributed by atoms with Crippen LogP contribution in [0.3, 0.4) is 0 Å². The molecule has 1 saturated carbocycles. The highest BCUT2D eigenvalue weighted by Gasteiger charge is 2.24. The lowest BCUT2D eigenvalue weighted by Gasteiger charge is -2.28. The predicted molar refractivity (Wildman–Crippen MR) is 82.2 cm³/mol. The number of aromatic nitrogens is 2. The van der Waals surface area contributed by atoms with E-state index in [4.69, 9.17) is 9.47 Å². The van der Waals surface area contributed by atoms with Crippen LogP contribution < -0.4 is 10.1 Å². The van der Waals surface area contributed by atoms with Gasteiger partial charge in [-0.2, -0.15) is 0 Å². The SMILES string of the molecule is CCCNc1ncnc(OC2CCCC(OC)C2)c1Br. The van der Waals surface area contributed by atoms with Crippen LogP contribution in [0.15, 0.2) is 10.8 Å². The molecule has 0 spiro atoms. The van der Waals surface area contributed by atoms with E-state index in [1.807, 2.05) is 0 Å². The maximum atomic E-state index is 6.02. The van der Waals surface area contributed by atoms with Crippen molar-refractivity contribution < 1.29 is 9.47 Å². The topological polar surface area (TPSA) is 56.3 Å². The van der Waals surface area contributed by atoms with E-state index in [9.17, 15) is 0 Å². The minimum absolute atomic E-state index is 0.166. The van der Waals surface area contributed by atoms with Gasteiger partial charge < -0.3 is 14.8 Å². The molecular weight excluding hydrogens is 322 g/mol. The van der Waals surface area contributed by atoms with Crippen molar-refractivity contribution in [2.24, 2.45) is 0 Å². The standard InChI is InChI=1S/C14H22BrN3O2/c1-3-7-16-13-12(15)14(18-9-17-13)20-11-6-4-5-10(8-11)19-2/h9-11H,3-8H2,1-2H3,(H,16,17,18). The molecule has 2 atom stereocenters. The maximum absolute atomic E-state index is 6.02. The first-order valence-electron chi connectivity index (χ1n) is 7.18. The van der Waals surface area contributed by atoms with Gasteiger partial charge in [0.2, 0.25) is 5.88 Å². The van der Waals surface area contributed by atoms with Crippen molar-refractivity contribution >= 4 is 21.7 Å². The fraction of sp³-hybridized carbons (Fsp3) is 0.714. The molecule has 0 bridgehead atoms. The Labute approximate surface area is 128 Å². The number of nitrogens with zero attached hydrogens (tertiary/aromatic N) is 2. The average molecular weight is 344 g/mol. The summed E-state index contributed by atoms with van der Waals surface area (Å²) in [5, 5.41) is 3.26. The minimum Gasteiger partial charge on any atom is -0.473 e. The van der Waals surface area contributed by atoms with Crippen LogP contribution in [-0.2, 0) is 4.74 Å². The van der Waals surface area contributed by atoms with Gasteiger partial charge in [0.25, 0.3) is 0 Å². The molecule has 1 fully saturated rings. The van der Waals surface area contributed by atoms with Gasteiger partial charge in [-0.3, -0.25) is 0 Å². The number of nitrogens with one attached hydrogen (secondary N) is 1. The molecular formula is C14H22BrN3O2. The lowest BCUT2D eigenvalue weighted by Crippen LogP contribution is -2.29. The first-order chi connectivity index (χ1) is 9.74. The van der Waals surface area contributed by atoms with E-state index in [1.165, 1.54) is 6.33 Å². The summed E-state index contributed by atoms with van der Waals surface area (Å²) in [5.74, 6) is 1.40. The number of anilines is 1. The van der Waals surface area contributed by atoms with Crippen molar-refractivity contribution in [1.82, 2.24) is 9.97 Å². The molecule has 1 aliphatic carbocycles. The molecule has 20 heavy (non-hydrogen) atoms. The second kappa shape index (κ2) is 7.78. The van der Waals surface area contributed by atoms with E-state index in [2.05, 4.69) is 38.1 Å². The highest BCUT2D eigenvalue weighted by Crippen LogP contribution is 2.32. The van der Waals surface area contributed by atoms with Crippen LogP contribution in [0.5, 0.6) is 5.88 Å². The molecule has 5 nitrogen and oxygen atoms in total. The Morgan fingerprint density at radius 3 is 2.90 bits per heavy atom. The second-order valence-electron chi connectivity index (χ2n) is 5.03. The summed E-state index contributed by atoms with van der Waals surface area (Å²) >= 11 is 3.53. The summed E-state index contributed by atoms with van der Waals surface area (Å²) in [6.45, 7) is 3.00. The summed E-state index contributed by atoms with van der Waals surface area (Å²) in [7, 11) is 1.76. The fourth-order valence-corrected chi connectivity index (χ4v) is 2.82. The number of hydrogen-bond donors (Lipinski definition) is 1. The van der Waals surface area contributed by atoms with E-state index in [0.29, 0.717) is 12.0 Å². The Hall–Kier alpha value is -0.880. The third-order valence-electron chi connectivity index (χ3n) is 3.49. The quantitative estimate of drug-likeness (QED) is 0.857. The van der Waals surface area contributed by atoms with Gasteiger partial charge in [-0.15, -0.1) is 0 Å². The molecule has 1 N–H and O–H groups in total. The highest BCUT2D eigenvalue weighted by molar-refractivity contribution is 9.10. The van der Waals surface area contributed by atoms with Gasteiger partial charge in [-0.05, 0) is 41.6 Å². The van der Waals surface area contributed by atoms with Crippen molar-refractivity contribution in [2.75, 3.05) is 19.0 Å². The van der Waals surface area contributed by atoms with Gasteiger partial charge in [0.15, 0.2) is 0 Å². The van der Waals surface area contributed by atoms with E-state index < -0.39 is 0 Å². The Bertz CT molecular complexity index is 431. The molecule has 1 aromatic rings. The molecule has 1 aromatic heterocycles. The Morgan fingerprint density at radius 1 is 1.35 bits per heavy atom. The summed E-state index contributed by atoms with van der Waals surface area (Å²) in [4.78, 5) is 8.46. The Morgan fingerprint density at radius 2 is 2.15 bits per heavy atom. The maximum Gasteiger partial charge on any atom is 0.233 e. The molecule has 2 unspecified atom stereocenters. The fourth-order valence-electron chi connectivity index (χ4n) is 2.38. The molecule has 1 heterocycles. The smallest absolute Gasteiger partial charge is 0.233 e. The van der Waals surface area contributed by atoms with Crippen LogP contribution in [0.2, 0.25) is 0 Å². The molecule has 6 heteroatoms. The summed E-state index contributed by atoms with van der Waals surface area (Å²) in [6, 6.07) is 0. The molecule has 1 aliphatic rings. The van der Waals surface area contributed by atoms with Crippen LogP contribution >= 0.6 is 15.9 Å². The number of hydrogen-bond acceptors (Lipinski definition) is 5. The molecule has 0 amide bonds. The van der Waals surface area contributed by atoms with E-state index in [1.54, 1.807) is 7.11 Å². The largest absolute Gasteiger partial charge is 0.473 e. The van der Waals surface area contributed by atoms with Crippen molar-refractivity contribution in [3.05, 3.63) is 10.8 Å². The first kappa shape index (κ1) is 15.5. The minimum atomic E-state index is 0.166. The lowest BCUT2D eigenvalue weighted by molar-refractivity contribution is 0.0192. The average Bonchev–Trinajstić information content (AvgIpc) is 2.48.